The van der Waals surface area contributed by atoms with Gasteiger partial charge in [0.1, 0.15) is 0 Å². The molecule has 112 valence electrons. The van der Waals surface area contributed by atoms with Crippen molar-refractivity contribution >= 4 is 28.6 Å². The number of nitrogens with one attached hydrogen (secondary N) is 1. The summed E-state index contributed by atoms with van der Waals surface area (Å²) in [6.07, 6.45) is 0.429. The predicted molar refractivity (Wildman–Crippen MR) is 91.3 cm³/mol. The largest absolute Gasteiger partial charge is 0.369 e. The third-order valence-corrected chi connectivity index (χ3v) is 4.12. The Balaban J connectivity index is 1.97. The van der Waals surface area contributed by atoms with Crippen molar-refractivity contribution in [3.05, 3.63) is 46.7 Å². The van der Waals surface area contributed by atoms with Crippen molar-refractivity contribution in [1.29, 1.82) is 0 Å². The maximum absolute atomic E-state index is 11.9. The zero-order valence-electron chi connectivity index (χ0n) is 12.8. The summed E-state index contributed by atoms with van der Waals surface area (Å²) in [4.78, 5) is 14.3. The molecule has 4 heteroatoms. The van der Waals surface area contributed by atoms with Crippen LogP contribution in [0.4, 0.5) is 11.4 Å². The lowest BCUT2D eigenvalue weighted by atomic mass is 10.2. The third kappa shape index (κ3) is 4.33. The molecule has 0 radical (unpaired) electrons. The van der Waals surface area contributed by atoms with Gasteiger partial charge in [0, 0.05) is 24.0 Å². The Morgan fingerprint density at radius 1 is 1.24 bits per heavy atom. The van der Waals surface area contributed by atoms with Crippen LogP contribution in [0, 0.1) is 0 Å². The number of amides is 1. The first-order valence-electron chi connectivity index (χ1n) is 7.27. The van der Waals surface area contributed by atoms with E-state index in [1.807, 2.05) is 29.0 Å². The van der Waals surface area contributed by atoms with E-state index in [2.05, 4.69) is 43.1 Å². The molecule has 1 N–H and O–H groups in total. The number of nitrogens with zero attached hydrogens (tertiary/aromatic N) is 1. The monoisotopic (exact) mass is 302 g/mol. The average Bonchev–Trinajstić information content (AvgIpc) is 2.94. The Bertz CT molecular complexity index is 561. The number of benzene rings is 1. The van der Waals surface area contributed by atoms with Gasteiger partial charge in [-0.1, -0.05) is 0 Å². The molecule has 0 spiro atoms. The minimum Gasteiger partial charge on any atom is -0.369 e. The van der Waals surface area contributed by atoms with E-state index in [-0.39, 0.29) is 5.91 Å². The fourth-order valence-electron chi connectivity index (χ4n) is 2.37. The maximum atomic E-state index is 11.9. The summed E-state index contributed by atoms with van der Waals surface area (Å²) >= 11 is 1.61. The second-order valence-corrected chi connectivity index (χ2v) is 6.06. The standard InChI is InChI=1S/C17H22N2OS/c1-4-19(13(2)3)16-7-5-15(6-8-16)18-17(20)11-14-9-10-21-12-14/h5-10,12-13H,4,11H2,1-3H3,(H,18,20). The molecule has 1 aromatic heterocycles. The van der Waals surface area contributed by atoms with Crippen molar-refractivity contribution in [2.75, 3.05) is 16.8 Å². The first kappa shape index (κ1) is 15.6. The van der Waals surface area contributed by atoms with Crippen LogP contribution in [0.5, 0.6) is 0 Å². The molecule has 1 heterocycles. The average molecular weight is 302 g/mol. The smallest absolute Gasteiger partial charge is 0.228 e. The fraction of sp³-hybridized carbons (Fsp3) is 0.353. The molecular weight excluding hydrogens is 280 g/mol. The summed E-state index contributed by atoms with van der Waals surface area (Å²) in [5, 5.41) is 6.93. The lowest BCUT2D eigenvalue weighted by Crippen LogP contribution is -2.30. The van der Waals surface area contributed by atoms with Gasteiger partial charge in [0.05, 0.1) is 6.42 Å². The van der Waals surface area contributed by atoms with E-state index in [0.29, 0.717) is 12.5 Å². The van der Waals surface area contributed by atoms with Crippen molar-refractivity contribution in [1.82, 2.24) is 0 Å². The molecular formula is C17H22N2OS. The summed E-state index contributed by atoms with van der Waals surface area (Å²) in [7, 11) is 0. The van der Waals surface area contributed by atoms with Crippen molar-refractivity contribution in [2.45, 2.75) is 33.2 Å². The highest BCUT2D eigenvalue weighted by molar-refractivity contribution is 7.08. The highest BCUT2D eigenvalue weighted by atomic mass is 32.1. The Morgan fingerprint density at radius 2 is 1.95 bits per heavy atom. The molecule has 1 aromatic carbocycles. The maximum Gasteiger partial charge on any atom is 0.228 e. The Morgan fingerprint density at radius 3 is 2.48 bits per heavy atom. The zero-order chi connectivity index (χ0) is 15.2. The number of rotatable bonds is 6. The highest BCUT2D eigenvalue weighted by Gasteiger charge is 2.09. The molecule has 0 saturated carbocycles. The normalized spacial score (nSPS) is 10.7. The van der Waals surface area contributed by atoms with Crippen LogP contribution in [0.1, 0.15) is 26.3 Å². The topological polar surface area (TPSA) is 32.3 Å². The molecule has 0 saturated heterocycles. The van der Waals surface area contributed by atoms with Crippen molar-refractivity contribution in [3.63, 3.8) is 0 Å². The van der Waals surface area contributed by atoms with Crippen molar-refractivity contribution in [2.24, 2.45) is 0 Å². The fourth-order valence-corrected chi connectivity index (χ4v) is 3.03. The van der Waals surface area contributed by atoms with Gasteiger partial charge in [-0.3, -0.25) is 4.79 Å². The number of hydrogen-bond donors (Lipinski definition) is 1. The quantitative estimate of drug-likeness (QED) is 0.869. The van der Waals surface area contributed by atoms with Gasteiger partial charge in [-0.05, 0) is 67.4 Å². The van der Waals surface area contributed by atoms with Crippen LogP contribution in [0.2, 0.25) is 0 Å². The summed E-state index contributed by atoms with van der Waals surface area (Å²) in [5.41, 5.74) is 3.09. The molecule has 2 aromatic rings. The number of anilines is 2. The molecule has 21 heavy (non-hydrogen) atoms. The van der Waals surface area contributed by atoms with Crippen LogP contribution < -0.4 is 10.2 Å². The predicted octanol–water partition coefficient (Wildman–Crippen LogP) is 4.16. The first-order valence-corrected chi connectivity index (χ1v) is 8.22. The number of thiophene rings is 1. The van der Waals surface area contributed by atoms with Gasteiger partial charge in [0.15, 0.2) is 0 Å². The second kappa shape index (κ2) is 7.27. The van der Waals surface area contributed by atoms with Gasteiger partial charge in [-0.25, -0.2) is 0 Å². The van der Waals surface area contributed by atoms with Crippen LogP contribution in [0.3, 0.4) is 0 Å². The van der Waals surface area contributed by atoms with Gasteiger partial charge in [-0.15, -0.1) is 0 Å². The minimum atomic E-state index is 0.0253. The van der Waals surface area contributed by atoms with Crippen LogP contribution in [0.25, 0.3) is 0 Å². The van der Waals surface area contributed by atoms with Crippen LogP contribution in [0.15, 0.2) is 41.1 Å². The Labute approximate surface area is 130 Å². The molecule has 0 aliphatic rings. The number of carbonyl (C=O) groups is 1. The first-order chi connectivity index (χ1) is 10.1. The van der Waals surface area contributed by atoms with Gasteiger partial charge in [0.25, 0.3) is 0 Å². The Hall–Kier alpha value is -1.81. The van der Waals surface area contributed by atoms with Gasteiger partial charge in [-0.2, -0.15) is 11.3 Å². The molecule has 0 bridgehead atoms. The van der Waals surface area contributed by atoms with Gasteiger partial charge >= 0.3 is 0 Å². The van der Waals surface area contributed by atoms with Crippen molar-refractivity contribution in [3.8, 4) is 0 Å². The summed E-state index contributed by atoms with van der Waals surface area (Å²) < 4.78 is 0. The summed E-state index contributed by atoms with van der Waals surface area (Å²) in [5.74, 6) is 0.0253. The van der Waals surface area contributed by atoms with E-state index < -0.39 is 0 Å². The molecule has 0 aliphatic carbocycles. The molecule has 2 rings (SSSR count). The van der Waals surface area contributed by atoms with Gasteiger partial charge < -0.3 is 10.2 Å². The zero-order valence-corrected chi connectivity index (χ0v) is 13.6. The lowest BCUT2D eigenvalue weighted by Gasteiger charge is -2.27. The molecule has 1 amide bonds. The molecule has 0 unspecified atom stereocenters. The van der Waals surface area contributed by atoms with E-state index in [4.69, 9.17) is 0 Å². The SMILES string of the molecule is CCN(c1ccc(NC(=O)Cc2ccsc2)cc1)C(C)C. The van der Waals surface area contributed by atoms with E-state index in [0.717, 1.165) is 17.8 Å². The van der Waals surface area contributed by atoms with E-state index in [9.17, 15) is 4.79 Å². The molecule has 0 aliphatic heterocycles. The second-order valence-electron chi connectivity index (χ2n) is 5.28. The lowest BCUT2D eigenvalue weighted by molar-refractivity contribution is -0.115. The van der Waals surface area contributed by atoms with E-state index >= 15 is 0 Å². The molecule has 0 fully saturated rings. The van der Waals surface area contributed by atoms with Crippen LogP contribution in [-0.4, -0.2) is 18.5 Å². The molecule has 0 atom stereocenters. The third-order valence-electron chi connectivity index (χ3n) is 3.39. The summed E-state index contributed by atoms with van der Waals surface area (Å²) in [6.45, 7) is 7.48. The van der Waals surface area contributed by atoms with E-state index in [1.54, 1.807) is 11.3 Å². The highest BCUT2D eigenvalue weighted by Crippen LogP contribution is 2.20. The van der Waals surface area contributed by atoms with Gasteiger partial charge in [0.2, 0.25) is 5.91 Å². The minimum absolute atomic E-state index is 0.0253. The Kier molecular flexibility index (Phi) is 5.39. The number of carbonyl (C=O) groups excluding carboxylic acids is 1. The van der Waals surface area contributed by atoms with E-state index in [1.165, 1.54) is 5.69 Å². The van der Waals surface area contributed by atoms with Crippen LogP contribution in [-0.2, 0) is 11.2 Å². The summed E-state index contributed by atoms with van der Waals surface area (Å²) in [6, 6.07) is 10.5. The van der Waals surface area contributed by atoms with Crippen LogP contribution >= 0.6 is 11.3 Å². The molecule has 3 nitrogen and oxygen atoms in total. The number of hydrogen-bond acceptors (Lipinski definition) is 3. The van der Waals surface area contributed by atoms with Crippen molar-refractivity contribution < 1.29 is 4.79 Å².